The van der Waals surface area contributed by atoms with Gasteiger partial charge in [0.05, 0.1) is 0 Å². The van der Waals surface area contributed by atoms with Crippen molar-refractivity contribution in [1.29, 1.82) is 0 Å². The maximum absolute atomic E-state index is 13.1. The average molecular weight is 266 g/mol. The van der Waals surface area contributed by atoms with Crippen molar-refractivity contribution in [2.45, 2.75) is 31.7 Å². The third-order valence-electron chi connectivity index (χ3n) is 3.39. The van der Waals surface area contributed by atoms with Crippen LogP contribution in [-0.4, -0.2) is 22.6 Å². The molecule has 19 heavy (non-hydrogen) atoms. The second kappa shape index (κ2) is 4.87. The first-order valence-corrected chi connectivity index (χ1v) is 6.02. The molecule has 0 saturated heterocycles. The van der Waals surface area contributed by atoms with Crippen molar-refractivity contribution in [2.24, 2.45) is 0 Å². The van der Waals surface area contributed by atoms with Gasteiger partial charge in [-0.05, 0) is 49.9 Å². The molecule has 102 valence electrons. The van der Waals surface area contributed by atoms with Gasteiger partial charge in [0.15, 0.2) is 0 Å². The maximum atomic E-state index is 13.1. The Morgan fingerprint density at radius 3 is 2.53 bits per heavy atom. The van der Waals surface area contributed by atoms with Gasteiger partial charge in [-0.25, -0.2) is 14.0 Å². The van der Waals surface area contributed by atoms with E-state index in [1.807, 2.05) is 0 Å². The molecular weight excluding hydrogens is 251 g/mol. The summed E-state index contributed by atoms with van der Waals surface area (Å²) >= 11 is 0. The topological polar surface area (TPSA) is 78.4 Å². The number of urea groups is 1. The molecule has 0 radical (unpaired) electrons. The summed E-state index contributed by atoms with van der Waals surface area (Å²) in [6, 6.07) is 3.58. The Kier molecular flexibility index (Phi) is 3.42. The zero-order valence-electron chi connectivity index (χ0n) is 10.5. The molecule has 0 unspecified atom stereocenters. The molecule has 0 atom stereocenters. The van der Waals surface area contributed by atoms with Crippen molar-refractivity contribution >= 4 is 17.7 Å². The molecule has 6 heteroatoms. The summed E-state index contributed by atoms with van der Waals surface area (Å²) in [5, 5.41) is 14.1. The molecule has 0 heterocycles. The minimum atomic E-state index is -1.15. The third kappa shape index (κ3) is 2.67. The average Bonchev–Trinajstić information content (AvgIpc) is 2.28. The number of carbonyl (C=O) groups excluding carboxylic acids is 1. The Bertz CT molecular complexity index is 527. The molecular formula is C13H15FN2O3. The van der Waals surface area contributed by atoms with Gasteiger partial charge in [0.1, 0.15) is 11.4 Å². The van der Waals surface area contributed by atoms with Gasteiger partial charge in [0, 0.05) is 5.69 Å². The van der Waals surface area contributed by atoms with Crippen LogP contribution in [0.4, 0.5) is 14.9 Å². The predicted octanol–water partition coefficient (Wildman–Crippen LogP) is 2.26. The minimum absolute atomic E-state index is 0.355. The van der Waals surface area contributed by atoms with E-state index in [0.717, 1.165) is 6.42 Å². The summed E-state index contributed by atoms with van der Waals surface area (Å²) in [6.07, 6.45) is 1.64. The molecule has 2 amide bonds. The first-order chi connectivity index (χ1) is 8.93. The molecule has 1 aromatic carbocycles. The fourth-order valence-electron chi connectivity index (χ4n) is 2.02. The first kappa shape index (κ1) is 13.3. The van der Waals surface area contributed by atoms with Crippen molar-refractivity contribution in [3.05, 3.63) is 29.6 Å². The van der Waals surface area contributed by atoms with Crippen molar-refractivity contribution in [1.82, 2.24) is 5.32 Å². The summed E-state index contributed by atoms with van der Waals surface area (Å²) in [4.78, 5) is 22.8. The number of nitrogens with one attached hydrogen (secondary N) is 2. The van der Waals surface area contributed by atoms with Crippen LogP contribution in [0.3, 0.4) is 0 Å². The first-order valence-electron chi connectivity index (χ1n) is 6.02. The van der Waals surface area contributed by atoms with Crippen LogP contribution in [0.1, 0.15) is 24.8 Å². The quantitative estimate of drug-likeness (QED) is 0.785. The Morgan fingerprint density at radius 2 is 2.05 bits per heavy atom. The molecule has 1 saturated carbocycles. The fourth-order valence-corrected chi connectivity index (χ4v) is 2.02. The summed E-state index contributed by atoms with van der Waals surface area (Å²) < 4.78 is 13.1. The number of carboxylic acid groups (broad SMARTS) is 1. The fraction of sp³-hybridized carbons (Fsp3) is 0.385. The number of rotatable bonds is 3. The van der Waals surface area contributed by atoms with Crippen LogP contribution in [0.2, 0.25) is 0 Å². The standard InChI is InChI=1S/C13H15FN2O3/c1-8-7-9(3-4-10(8)14)15-12(19)16-13(11(17)18)5-2-6-13/h3-4,7H,2,5-6H2,1H3,(H,17,18)(H2,15,16,19). The smallest absolute Gasteiger partial charge is 0.329 e. The van der Waals surface area contributed by atoms with E-state index in [0.29, 0.717) is 24.1 Å². The van der Waals surface area contributed by atoms with Gasteiger partial charge in [-0.15, -0.1) is 0 Å². The Labute approximate surface area is 109 Å². The lowest BCUT2D eigenvalue weighted by Crippen LogP contribution is -2.60. The highest BCUT2D eigenvalue weighted by Crippen LogP contribution is 2.32. The SMILES string of the molecule is Cc1cc(NC(=O)NC2(C(=O)O)CCC2)ccc1F. The van der Waals surface area contributed by atoms with E-state index in [9.17, 15) is 14.0 Å². The predicted molar refractivity (Wildman–Crippen MR) is 67.5 cm³/mol. The van der Waals surface area contributed by atoms with Crippen LogP contribution in [0.5, 0.6) is 0 Å². The summed E-state index contributed by atoms with van der Waals surface area (Å²) in [7, 11) is 0. The summed E-state index contributed by atoms with van der Waals surface area (Å²) in [5.41, 5.74) is -0.315. The van der Waals surface area contributed by atoms with Crippen molar-refractivity contribution < 1.29 is 19.1 Å². The third-order valence-corrected chi connectivity index (χ3v) is 3.39. The zero-order valence-corrected chi connectivity index (χ0v) is 10.5. The lowest BCUT2D eigenvalue weighted by atomic mass is 9.77. The van der Waals surface area contributed by atoms with Gasteiger partial charge in [-0.1, -0.05) is 0 Å². The van der Waals surface area contributed by atoms with Crippen LogP contribution >= 0.6 is 0 Å². The van der Waals surface area contributed by atoms with E-state index in [4.69, 9.17) is 5.11 Å². The highest BCUT2D eigenvalue weighted by atomic mass is 19.1. The van der Waals surface area contributed by atoms with E-state index in [-0.39, 0.29) is 5.82 Å². The van der Waals surface area contributed by atoms with Crippen molar-refractivity contribution in [3.63, 3.8) is 0 Å². The molecule has 0 spiro atoms. The van der Waals surface area contributed by atoms with Gasteiger partial charge in [0.25, 0.3) is 0 Å². The molecule has 1 aromatic rings. The largest absolute Gasteiger partial charge is 0.480 e. The molecule has 0 aliphatic heterocycles. The number of halogens is 1. The number of aryl methyl sites for hydroxylation is 1. The highest BCUT2D eigenvalue weighted by Gasteiger charge is 2.45. The van der Waals surface area contributed by atoms with Gasteiger partial charge >= 0.3 is 12.0 Å². The number of hydrogen-bond acceptors (Lipinski definition) is 2. The van der Waals surface area contributed by atoms with E-state index in [1.54, 1.807) is 6.92 Å². The number of hydrogen-bond donors (Lipinski definition) is 3. The van der Waals surface area contributed by atoms with E-state index in [1.165, 1.54) is 18.2 Å². The Morgan fingerprint density at radius 1 is 1.37 bits per heavy atom. The van der Waals surface area contributed by atoms with E-state index < -0.39 is 17.5 Å². The molecule has 1 fully saturated rings. The van der Waals surface area contributed by atoms with Crippen LogP contribution in [-0.2, 0) is 4.79 Å². The van der Waals surface area contributed by atoms with Crippen LogP contribution in [0.25, 0.3) is 0 Å². The molecule has 5 nitrogen and oxygen atoms in total. The minimum Gasteiger partial charge on any atom is -0.480 e. The molecule has 1 aliphatic carbocycles. The van der Waals surface area contributed by atoms with Crippen molar-refractivity contribution in [3.8, 4) is 0 Å². The van der Waals surface area contributed by atoms with Crippen LogP contribution in [0, 0.1) is 12.7 Å². The maximum Gasteiger partial charge on any atom is 0.329 e. The number of carbonyl (C=O) groups is 2. The van der Waals surface area contributed by atoms with Gasteiger partial charge in [0.2, 0.25) is 0 Å². The normalized spacial score (nSPS) is 16.3. The van der Waals surface area contributed by atoms with E-state index >= 15 is 0 Å². The van der Waals surface area contributed by atoms with Crippen LogP contribution in [0.15, 0.2) is 18.2 Å². The molecule has 0 aromatic heterocycles. The molecule has 1 aliphatic rings. The molecule has 0 bridgehead atoms. The van der Waals surface area contributed by atoms with Gasteiger partial charge in [-0.3, -0.25) is 0 Å². The highest BCUT2D eigenvalue weighted by molar-refractivity contribution is 5.94. The van der Waals surface area contributed by atoms with Gasteiger partial charge < -0.3 is 15.7 Å². The summed E-state index contributed by atoms with van der Waals surface area (Å²) in [5.74, 6) is -1.38. The number of benzene rings is 1. The lowest BCUT2D eigenvalue weighted by molar-refractivity contribution is -0.148. The number of amides is 2. The van der Waals surface area contributed by atoms with Crippen molar-refractivity contribution in [2.75, 3.05) is 5.32 Å². The van der Waals surface area contributed by atoms with E-state index in [2.05, 4.69) is 10.6 Å². The van der Waals surface area contributed by atoms with Crippen LogP contribution < -0.4 is 10.6 Å². The monoisotopic (exact) mass is 266 g/mol. The number of aliphatic carboxylic acids is 1. The lowest BCUT2D eigenvalue weighted by Gasteiger charge is -2.38. The number of carboxylic acids is 1. The Hall–Kier alpha value is -2.11. The Balaban J connectivity index is 2.01. The second-order valence-corrected chi connectivity index (χ2v) is 4.78. The zero-order chi connectivity index (χ0) is 14.0. The second-order valence-electron chi connectivity index (χ2n) is 4.78. The molecule has 3 N–H and O–H groups in total. The van der Waals surface area contributed by atoms with Gasteiger partial charge in [-0.2, -0.15) is 0 Å². The molecule has 2 rings (SSSR count). The summed E-state index contributed by atoms with van der Waals surface area (Å²) in [6.45, 7) is 1.59. The number of anilines is 1.